The van der Waals surface area contributed by atoms with Crippen LogP contribution >= 0.6 is 0 Å². The number of oxazole rings is 1. The van der Waals surface area contributed by atoms with Gasteiger partial charge in [0, 0.05) is 29.7 Å². The van der Waals surface area contributed by atoms with Crippen molar-refractivity contribution in [1.29, 1.82) is 0 Å². The molecule has 2 N–H and O–H groups in total. The SMILES string of the molecule is Cn1cc2cc(C(=O)Nc3ccc4[nH]nc(-c5cnco5)c4c3)ncc2n1. The van der Waals surface area contributed by atoms with E-state index in [9.17, 15) is 4.79 Å². The number of aromatic nitrogens is 6. The van der Waals surface area contributed by atoms with Crippen molar-refractivity contribution in [2.24, 2.45) is 7.05 Å². The molecule has 9 heteroatoms. The van der Waals surface area contributed by atoms with Crippen LogP contribution in [0.4, 0.5) is 5.69 Å². The number of nitrogens with zero attached hydrogens (tertiary/aromatic N) is 5. The standard InChI is InChI=1S/C18H13N7O2/c1-25-8-10-4-14(20-6-15(10)24-25)18(26)21-11-2-3-13-12(5-11)17(23-22-13)16-7-19-9-27-16/h2-9H,1H3,(H,21,26)(H,22,23). The average Bonchev–Trinajstić information content (AvgIpc) is 3.38. The van der Waals surface area contributed by atoms with E-state index >= 15 is 0 Å². The van der Waals surface area contributed by atoms with Crippen molar-refractivity contribution >= 4 is 33.4 Å². The van der Waals surface area contributed by atoms with Crippen molar-refractivity contribution in [1.82, 2.24) is 29.9 Å². The minimum Gasteiger partial charge on any atom is -0.442 e. The number of aromatic amines is 1. The van der Waals surface area contributed by atoms with Gasteiger partial charge >= 0.3 is 0 Å². The highest BCUT2D eigenvalue weighted by Crippen LogP contribution is 2.28. The number of hydrogen-bond acceptors (Lipinski definition) is 6. The van der Waals surface area contributed by atoms with Crippen molar-refractivity contribution < 1.29 is 9.21 Å². The molecule has 5 rings (SSSR count). The first-order chi connectivity index (χ1) is 13.2. The number of fused-ring (bicyclic) bond motifs is 2. The molecule has 0 spiro atoms. The van der Waals surface area contributed by atoms with Gasteiger partial charge < -0.3 is 9.73 Å². The molecule has 4 aromatic heterocycles. The highest BCUT2D eigenvalue weighted by atomic mass is 16.3. The van der Waals surface area contributed by atoms with Gasteiger partial charge in [-0.2, -0.15) is 10.2 Å². The third kappa shape index (κ3) is 2.61. The Bertz CT molecular complexity index is 1280. The highest BCUT2D eigenvalue weighted by Gasteiger charge is 2.14. The summed E-state index contributed by atoms with van der Waals surface area (Å²) in [6.45, 7) is 0. The Kier molecular flexibility index (Phi) is 3.26. The minimum atomic E-state index is -0.301. The topological polar surface area (TPSA) is 115 Å². The van der Waals surface area contributed by atoms with Crippen LogP contribution in [0.2, 0.25) is 0 Å². The lowest BCUT2D eigenvalue weighted by molar-refractivity contribution is 0.102. The van der Waals surface area contributed by atoms with Crippen molar-refractivity contribution in [2.75, 3.05) is 5.32 Å². The van der Waals surface area contributed by atoms with Gasteiger partial charge in [0.1, 0.15) is 16.9 Å². The van der Waals surface area contributed by atoms with Gasteiger partial charge in [-0.25, -0.2) is 9.97 Å². The maximum absolute atomic E-state index is 12.6. The fourth-order valence-corrected chi connectivity index (χ4v) is 2.98. The van der Waals surface area contributed by atoms with E-state index < -0.39 is 0 Å². The van der Waals surface area contributed by atoms with E-state index in [4.69, 9.17) is 4.42 Å². The van der Waals surface area contributed by atoms with E-state index in [1.165, 1.54) is 6.39 Å². The Morgan fingerprint density at radius 2 is 2.19 bits per heavy atom. The number of carbonyl (C=O) groups is 1. The molecule has 0 saturated heterocycles. The maximum atomic E-state index is 12.6. The predicted molar refractivity (Wildman–Crippen MR) is 98.1 cm³/mol. The average molecular weight is 359 g/mol. The van der Waals surface area contributed by atoms with Gasteiger partial charge in [0.15, 0.2) is 12.2 Å². The first kappa shape index (κ1) is 15.3. The zero-order chi connectivity index (χ0) is 18.4. The van der Waals surface area contributed by atoms with Crippen LogP contribution in [0.25, 0.3) is 33.3 Å². The Hall–Kier alpha value is -4.01. The molecule has 132 valence electrons. The quantitative estimate of drug-likeness (QED) is 0.512. The number of pyridine rings is 1. The van der Waals surface area contributed by atoms with Gasteiger partial charge in [0.05, 0.1) is 17.9 Å². The molecule has 4 heterocycles. The van der Waals surface area contributed by atoms with E-state index in [0.717, 1.165) is 21.8 Å². The largest absolute Gasteiger partial charge is 0.442 e. The number of H-pyrrole nitrogens is 1. The van der Waals surface area contributed by atoms with Gasteiger partial charge in [-0.05, 0) is 24.3 Å². The van der Waals surface area contributed by atoms with Crippen LogP contribution in [0.15, 0.2) is 53.7 Å². The van der Waals surface area contributed by atoms with E-state index in [2.05, 4.69) is 30.6 Å². The first-order valence-electron chi connectivity index (χ1n) is 8.15. The van der Waals surface area contributed by atoms with E-state index in [0.29, 0.717) is 22.8 Å². The van der Waals surface area contributed by atoms with E-state index in [1.54, 1.807) is 29.2 Å². The normalized spacial score (nSPS) is 11.3. The number of anilines is 1. The number of rotatable bonds is 3. The fraction of sp³-hybridized carbons (Fsp3) is 0.0556. The Balaban J connectivity index is 1.47. The Morgan fingerprint density at radius 1 is 1.26 bits per heavy atom. The summed E-state index contributed by atoms with van der Waals surface area (Å²) < 4.78 is 7.01. The fourth-order valence-electron chi connectivity index (χ4n) is 2.98. The number of aryl methyl sites for hydroxylation is 1. The summed E-state index contributed by atoms with van der Waals surface area (Å²) in [5.74, 6) is 0.248. The molecular formula is C18H13N7O2. The zero-order valence-electron chi connectivity index (χ0n) is 14.2. The molecule has 0 saturated carbocycles. The molecule has 0 bridgehead atoms. The first-order valence-corrected chi connectivity index (χ1v) is 8.15. The molecule has 5 aromatic rings. The number of carbonyl (C=O) groups excluding carboxylic acids is 1. The summed E-state index contributed by atoms with van der Waals surface area (Å²) in [7, 11) is 1.83. The molecule has 0 aliphatic rings. The van der Waals surface area contributed by atoms with Crippen molar-refractivity contribution in [3.8, 4) is 11.5 Å². The molecule has 0 unspecified atom stereocenters. The second kappa shape index (κ2) is 5.77. The third-order valence-electron chi connectivity index (χ3n) is 4.22. The van der Waals surface area contributed by atoms with Crippen LogP contribution in [0.5, 0.6) is 0 Å². The highest BCUT2D eigenvalue weighted by molar-refractivity contribution is 6.06. The Labute approximate surface area is 152 Å². The molecule has 0 fully saturated rings. The van der Waals surface area contributed by atoms with Gasteiger partial charge in [-0.1, -0.05) is 0 Å². The van der Waals surface area contributed by atoms with Crippen molar-refractivity contribution in [3.05, 3.63) is 54.9 Å². The lowest BCUT2D eigenvalue weighted by Crippen LogP contribution is -2.13. The molecular weight excluding hydrogens is 346 g/mol. The zero-order valence-corrected chi connectivity index (χ0v) is 14.2. The second-order valence-electron chi connectivity index (χ2n) is 6.08. The summed E-state index contributed by atoms with van der Waals surface area (Å²) in [6.07, 6.45) is 6.37. The summed E-state index contributed by atoms with van der Waals surface area (Å²) in [6, 6.07) is 7.19. The van der Waals surface area contributed by atoms with Crippen molar-refractivity contribution in [2.45, 2.75) is 0 Å². The molecule has 27 heavy (non-hydrogen) atoms. The molecule has 1 amide bonds. The number of amides is 1. The smallest absolute Gasteiger partial charge is 0.274 e. The second-order valence-corrected chi connectivity index (χ2v) is 6.08. The number of hydrogen-bond donors (Lipinski definition) is 2. The lowest BCUT2D eigenvalue weighted by atomic mass is 10.1. The van der Waals surface area contributed by atoms with Crippen LogP contribution in [0, 0.1) is 0 Å². The van der Waals surface area contributed by atoms with Gasteiger partial charge in [-0.15, -0.1) is 0 Å². The van der Waals surface area contributed by atoms with Crippen LogP contribution in [0.3, 0.4) is 0 Å². The van der Waals surface area contributed by atoms with Crippen LogP contribution in [-0.2, 0) is 7.05 Å². The van der Waals surface area contributed by atoms with E-state index in [-0.39, 0.29) is 5.91 Å². The minimum absolute atomic E-state index is 0.301. The maximum Gasteiger partial charge on any atom is 0.274 e. The van der Waals surface area contributed by atoms with E-state index in [1.807, 2.05) is 25.4 Å². The summed E-state index contributed by atoms with van der Waals surface area (Å²) >= 11 is 0. The summed E-state index contributed by atoms with van der Waals surface area (Å²) in [5, 5.41) is 16.0. The molecule has 1 aromatic carbocycles. The number of benzene rings is 1. The third-order valence-corrected chi connectivity index (χ3v) is 4.22. The van der Waals surface area contributed by atoms with Crippen LogP contribution < -0.4 is 5.32 Å². The molecule has 0 aliphatic carbocycles. The molecule has 9 nitrogen and oxygen atoms in total. The monoisotopic (exact) mass is 359 g/mol. The lowest BCUT2D eigenvalue weighted by Gasteiger charge is -2.05. The molecule has 0 aliphatic heterocycles. The molecule has 0 atom stereocenters. The predicted octanol–water partition coefficient (Wildman–Crippen LogP) is 2.75. The molecule has 0 radical (unpaired) electrons. The summed E-state index contributed by atoms with van der Waals surface area (Å²) in [5.41, 5.74) is 3.15. The van der Waals surface area contributed by atoms with Crippen LogP contribution in [-0.4, -0.2) is 35.9 Å². The van der Waals surface area contributed by atoms with Gasteiger partial charge in [0.25, 0.3) is 5.91 Å². The van der Waals surface area contributed by atoms with Gasteiger partial charge in [0.2, 0.25) is 0 Å². The Morgan fingerprint density at radius 3 is 3.04 bits per heavy atom. The van der Waals surface area contributed by atoms with Gasteiger partial charge in [-0.3, -0.25) is 14.6 Å². The number of nitrogens with one attached hydrogen (secondary N) is 2. The van der Waals surface area contributed by atoms with Crippen LogP contribution in [0.1, 0.15) is 10.5 Å². The van der Waals surface area contributed by atoms with Crippen molar-refractivity contribution in [3.63, 3.8) is 0 Å². The summed E-state index contributed by atoms with van der Waals surface area (Å²) in [4.78, 5) is 20.7.